The highest BCUT2D eigenvalue weighted by molar-refractivity contribution is 6.75. The Balaban J connectivity index is 1.31. The van der Waals surface area contributed by atoms with Crippen LogP contribution in [0.1, 0.15) is 20.8 Å². The van der Waals surface area contributed by atoms with Gasteiger partial charge in [0.15, 0.2) is 0 Å². The predicted molar refractivity (Wildman–Crippen MR) is 221 cm³/mol. The van der Waals surface area contributed by atoms with Gasteiger partial charge in [-0.25, -0.2) is 0 Å². The summed E-state index contributed by atoms with van der Waals surface area (Å²) in [5.74, 6) is 2.41. The Hall–Kier alpha value is -5.58. The summed E-state index contributed by atoms with van der Waals surface area (Å²) in [6.45, 7) is 7.42. The Labute approximate surface area is 320 Å². The van der Waals surface area contributed by atoms with Crippen molar-refractivity contribution in [1.82, 2.24) is 0 Å². The second-order valence-corrected chi connectivity index (χ2v) is 14.8. The first kappa shape index (κ1) is 38.2. The molecule has 6 aromatic rings. The summed E-state index contributed by atoms with van der Waals surface area (Å²) in [5.41, 5.74) is 8.30. The van der Waals surface area contributed by atoms with Gasteiger partial charge in [-0.2, -0.15) is 0 Å². The van der Waals surface area contributed by atoms with Gasteiger partial charge in [0, 0.05) is 59.1 Å². The van der Waals surface area contributed by atoms with Gasteiger partial charge in [-0.1, -0.05) is 36.4 Å². The number of rotatable bonds is 17. The molecule has 0 bridgehead atoms. The molecule has 0 radical (unpaired) electrons. The highest BCUT2D eigenvalue weighted by Crippen LogP contribution is 2.39. The molecular formula is C45H48N2O6Si. The average Bonchev–Trinajstić information content (AvgIpc) is 3.23. The van der Waals surface area contributed by atoms with Crippen LogP contribution in [0, 0.1) is 0 Å². The van der Waals surface area contributed by atoms with E-state index in [2.05, 4.69) is 119 Å². The lowest BCUT2D eigenvalue weighted by Crippen LogP contribution is -2.56. The summed E-state index contributed by atoms with van der Waals surface area (Å²) in [4.78, 5) is 4.44. The van der Waals surface area contributed by atoms with Gasteiger partial charge in [-0.15, -0.1) is 0 Å². The minimum Gasteiger partial charge on any atom is -0.497 e. The molecule has 0 N–H and O–H groups in total. The van der Waals surface area contributed by atoms with Crippen molar-refractivity contribution in [3.8, 4) is 28.4 Å². The zero-order valence-electron chi connectivity index (χ0n) is 31.8. The lowest BCUT2D eigenvalue weighted by Gasteiger charge is -2.30. The zero-order valence-corrected chi connectivity index (χ0v) is 32.8. The first-order chi connectivity index (χ1) is 26.4. The summed E-state index contributed by atoms with van der Waals surface area (Å²) in [5, 5.41) is 0.933. The first-order valence-electron chi connectivity index (χ1n) is 18.2. The number of ether oxygens (including phenoxy) is 3. The van der Waals surface area contributed by atoms with Crippen LogP contribution in [-0.4, -0.2) is 50.0 Å². The Morgan fingerprint density at radius 1 is 0.352 bits per heavy atom. The lowest BCUT2D eigenvalue weighted by atomic mass is 10.0. The number of hydrogen-bond acceptors (Lipinski definition) is 8. The van der Waals surface area contributed by atoms with E-state index in [1.807, 2.05) is 57.2 Å². The van der Waals surface area contributed by atoms with Crippen LogP contribution in [0.25, 0.3) is 11.1 Å². The smallest absolute Gasteiger partial charge is 0.497 e. The Bertz CT molecular complexity index is 1970. The second kappa shape index (κ2) is 18.0. The molecule has 8 nitrogen and oxygen atoms in total. The topological polar surface area (TPSA) is 61.9 Å². The van der Waals surface area contributed by atoms with Gasteiger partial charge < -0.3 is 37.3 Å². The van der Waals surface area contributed by atoms with E-state index >= 15 is 0 Å². The molecule has 9 heteroatoms. The van der Waals surface area contributed by atoms with Gasteiger partial charge in [0.25, 0.3) is 0 Å². The standard InChI is InChI=1S/C45H48N2O6Si/c1-7-51-54(52-8-2,53-9-3)45-32-24-41(25-33-45)47(40-22-30-44(50-6)31-23-40)37-16-12-35(13-17-37)34-10-14-36(15-11-34)46(38-18-26-42(48-4)27-19-38)39-20-28-43(49-5)29-21-39/h10-33H,7-9H2,1-6H3. The van der Waals surface area contributed by atoms with E-state index in [-0.39, 0.29) is 0 Å². The fourth-order valence-electron chi connectivity index (χ4n) is 6.45. The Morgan fingerprint density at radius 3 is 0.833 bits per heavy atom. The molecule has 0 aliphatic heterocycles. The van der Waals surface area contributed by atoms with Crippen molar-refractivity contribution in [1.29, 1.82) is 0 Å². The molecule has 0 fully saturated rings. The van der Waals surface area contributed by atoms with Crippen LogP contribution in [0.5, 0.6) is 17.2 Å². The molecule has 0 heterocycles. The maximum atomic E-state index is 6.18. The molecule has 0 spiro atoms. The van der Waals surface area contributed by atoms with Crippen molar-refractivity contribution < 1.29 is 27.5 Å². The molecule has 278 valence electrons. The molecule has 0 unspecified atom stereocenters. The predicted octanol–water partition coefficient (Wildman–Crippen LogP) is 10.6. The molecule has 6 aromatic carbocycles. The van der Waals surface area contributed by atoms with Gasteiger partial charge in [-0.3, -0.25) is 0 Å². The normalized spacial score (nSPS) is 11.2. The van der Waals surface area contributed by atoms with Crippen molar-refractivity contribution in [2.75, 3.05) is 50.9 Å². The summed E-state index contributed by atoms with van der Waals surface area (Å²) >= 11 is 0. The molecule has 0 aliphatic carbocycles. The molecule has 0 amide bonds. The van der Waals surface area contributed by atoms with E-state index < -0.39 is 8.80 Å². The van der Waals surface area contributed by atoms with E-state index in [9.17, 15) is 0 Å². The van der Waals surface area contributed by atoms with Gasteiger partial charge in [0.05, 0.1) is 21.3 Å². The van der Waals surface area contributed by atoms with Crippen molar-refractivity contribution in [2.45, 2.75) is 20.8 Å². The fourth-order valence-corrected chi connectivity index (χ4v) is 8.92. The van der Waals surface area contributed by atoms with Gasteiger partial charge >= 0.3 is 8.80 Å². The number of benzene rings is 6. The Kier molecular flexibility index (Phi) is 12.7. The van der Waals surface area contributed by atoms with Gasteiger partial charge in [0.2, 0.25) is 0 Å². The number of nitrogens with zero attached hydrogens (tertiary/aromatic N) is 2. The van der Waals surface area contributed by atoms with Crippen molar-refractivity contribution in [2.24, 2.45) is 0 Å². The van der Waals surface area contributed by atoms with Gasteiger partial charge in [0.1, 0.15) is 17.2 Å². The second-order valence-electron chi connectivity index (χ2n) is 12.3. The average molecular weight is 741 g/mol. The molecular weight excluding hydrogens is 693 g/mol. The quantitative estimate of drug-likeness (QED) is 0.0857. The van der Waals surface area contributed by atoms with E-state index in [4.69, 9.17) is 27.5 Å². The summed E-state index contributed by atoms with van der Waals surface area (Å²) in [7, 11) is 1.98. The van der Waals surface area contributed by atoms with Crippen LogP contribution in [0.3, 0.4) is 0 Å². The van der Waals surface area contributed by atoms with E-state index in [1.54, 1.807) is 21.3 Å². The third-order valence-corrected chi connectivity index (χ3v) is 12.1. The molecule has 54 heavy (non-hydrogen) atoms. The SMILES string of the molecule is CCO[Si](OCC)(OCC)c1ccc(N(c2ccc(OC)cc2)c2ccc(-c3ccc(N(c4ccc(OC)cc4)c4ccc(OC)cc4)cc3)cc2)cc1. The largest absolute Gasteiger partial charge is 0.537 e. The molecule has 0 saturated carbocycles. The van der Waals surface area contributed by atoms with Crippen LogP contribution in [-0.2, 0) is 13.3 Å². The van der Waals surface area contributed by atoms with Crippen LogP contribution >= 0.6 is 0 Å². The van der Waals surface area contributed by atoms with Crippen molar-refractivity contribution >= 4 is 48.1 Å². The molecule has 0 aromatic heterocycles. The highest BCUT2D eigenvalue weighted by atomic mass is 28.4. The van der Waals surface area contributed by atoms with Crippen molar-refractivity contribution in [3.63, 3.8) is 0 Å². The minimum absolute atomic E-state index is 0.505. The van der Waals surface area contributed by atoms with Gasteiger partial charge in [-0.05, 0) is 141 Å². The van der Waals surface area contributed by atoms with Crippen molar-refractivity contribution in [3.05, 3.63) is 146 Å². The molecule has 0 saturated heterocycles. The van der Waals surface area contributed by atoms with E-state index in [1.165, 1.54) is 0 Å². The summed E-state index contributed by atoms with van der Waals surface area (Å²) in [6, 6.07) is 49.8. The zero-order chi connectivity index (χ0) is 37.9. The number of hydrogen-bond donors (Lipinski definition) is 0. The summed E-state index contributed by atoms with van der Waals surface area (Å²) < 4.78 is 34.9. The maximum absolute atomic E-state index is 6.18. The third-order valence-electron chi connectivity index (χ3n) is 9.06. The monoisotopic (exact) mass is 740 g/mol. The van der Waals surface area contributed by atoms with E-state index in [0.717, 1.165) is 67.7 Å². The highest BCUT2D eigenvalue weighted by Gasteiger charge is 2.43. The van der Waals surface area contributed by atoms with Crippen LogP contribution < -0.4 is 29.2 Å². The van der Waals surface area contributed by atoms with E-state index in [0.29, 0.717) is 19.8 Å². The third kappa shape index (κ3) is 8.45. The molecule has 6 rings (SSSR count). The molecule has 0 aliphatic rings. The first-order valence-corrected chi connectivity index (χ1v) is 19.9. The fraction of sp³-hybridized carbons (Fsp3) is 0.200. The van der Waals surface area contributed by atoms with Crippen LogP contribution in [0.2, 0.25) is 0 Å². The Morgan fingerprint density at radius 2 is 0.593 bits per heavy atom. The number of anilines is 6. The molecule has 0 atom stereocenters. The lowest BCUT2D eigenvalue weighted by molar-refractivity contribution is 0.0859. The number of methoxy groups -OCH3 is 3. The maximum Gasteiger partial charge on any atom is 0.537 e. The van der Waals surface area contributed by atoms with Crippen LogP contribution in [0.15, 0.2) is 146 Å². The summed E-state index contributed by atoms with van der Waals surface area (Å²) in [6.07, 6.45) is 0. The minimum atomic E-state index is -3.05. The van der Waals surface area contributed by atoms with Crippen LogP contribution in [0.4, 0.5) is 34.1 Å².